The minimum Gasteiger partial charge on any atom is -0.487 e. The Morgan fingerprint density at radius 1 is 1.33 bits per heavy atom. The van der Waals surface area contributed by atoms with Crippen LogP contribution in [-0.4, -0.2) is 66.1 Å². The highest BCUT2D eigenvalue weighted by Gasteiger charge is 2.38. The molecule has 0 radical (unpaired) electrons. The molecule has 0 saturated carbocycles. The van der Waals surface area contributed by atoms with Gasteiger partial charge >= 0.3 is 5.97 Å². The van der Waals surface area contributed by atoms with Gasteiger partial charge in [-0.2, -0.15) is 0 Å². The number of benzene rings is 1. The van der Waals surface area contributed by atoms with Crippen LogP contribution in [0.5, 0.6) is 5.75 Å². The first-order chi connectivity index (χ1) is 13.0. The third-order valence-electron chi connectivity index (χ3n) is 5.56. The summed E-state index contributed by atoms with van der Waals surface area (Å²) in [5.41, 5.74) is -0.0122. The standard InChI is InChI=1S/C18H18FN3O4S/c1-20-2-4-21(5-3-20)14-11(19)6-10-13-16(14)26-7-9-8-27-17(22(9)13)12(15(10)23)18(24)25/h6,9H,2-5,7-8H2,1H3,(H,24,25)/t9-/m1/s1. The summed E-state index contributed by atoms with van der Waals surface area (Å²) in [6.07, 6.45) is 0. The Labute approximate surface area is 158 Å². The number of aromatic nitrogens is 1. The molecule has 9 heteroatoms. The number of pyridine rings is 1. The molecule has 27 heavy (non-hydrogen) atoms. The van der Waals surface area contributed by atoms with Crippen LogP contribution in [0.2, 0.25) is 0 Å². The molecular weight excluding hydrogens is 373 g/mol. The molecule has 0 bridgehead atoms. The van der Waals surface area contributed by atoms with Crippen LogP contribution < -0.4 is 15.1 Å². The monoisotopic (exact) mass is 391 g/mol. The lowest BCUT2D eigenvalue weighted by atomic mass is 10.1. The number of hydrogen-bond acceptors (Lipinski definition) is 6. The van der Waals surface area contributed by atoms with Gasteiger partial charge < -0.3 is 24.2 Å². The zero-order valence-corrected chi connectivity index (χ0v) is 15.5. The number of thioether (sulfide) groups is 1. The number of carboxylic acid groups (broad SMARTS) is 1. The van der Waals surface area contributed by atoms with Crippen molar-refractivity contribution in [3.8, 4) is 5.75 Å². The molecule has 142 valence electrons. The van der Waals surface area contributed by atoms with E-state index in [2.05, 4.69) is 4.90 Å². The second-order valence-electron chi connectivity index (χ2n) is 7.18. The van der Waals surface area contributed by atoms with Crippen molar-refractivity contribution in [2.45, 2.75) is 11.1 Å². The Bertz CT molecular complexity index is 1050. The van der Waals surface area contributed by atoms with Gasteiger partial charge in [0.05, 0.1) is 22.0 Å². The zero-order chi connectivity index (χ0) is 18.9. The number of nitrogens with zero attached hydrogens (tertiary/aromatic N) is 3. The zero-order valence-electron chi connectivity index (χ0n) is 14.7. The lowest BCUT2D eigenvalue weighted by Crippen LogP contribution is -2.45. The largest absolute Gasteiger partial charge is 0.487 e. The Morgan fingerprint density at radius 3 is 2.78 bits per heavy atom. The fourth-order valence-electron chi connectivity index (χ4n) is 4.16. The van der Waals surface area contributed by atoms with E-state index in [9.17, 15) is 14.7 Å². The van der Waals surface area contributed by atoms with E-state index in [1.807, 2.05) is 16.5 Å². The maximum atomic E-state index is 15.1. The van der Waals surface area contributed by atoms with E-state index >= 15 is 4.39 Å². The summed E-state index contributed by atoms with van der Waals surface area (Å²) in [4.78, 5) is 28.7. The fraction of sp³-hybridized carbons (Fsp3) is 0.444. The van der Waals surface area contributed by atoms with Gasteiger partial charge in [0.1, 0.15) is 17.9 Å². The first kappa shape index (κ1) is 16.9. The number of carbonyl (C=O) groups is 1. The van der Waals surface area contributed by atoms with Crippen molar-refractivity contribution in [3.05, 3.63) is 27.7 Å². The Morgan fingerprint density at radius 2 is 2.07 bits per heavy atom. The smallest absolute Gasteiger partial charge is 0.342 e. The van der Waals surface area contributed by atoms with Gasteiger partial charge in [-0.25, -0.2) is 9.18 Å². The second kappa shape index (κ2) is 5.87. The summed E-state index contributed by atoms with van der Waals surface area (Å²) in [7, 11) is 2.02. The lowest BCUT2D eigenvalue weighted by Gasteiger charge is -2.36. The number of anilines is 1. The third-order valence-corrected chi connectivity index (χ3v) is 6.78. The normalized spacial score (nSPS) is 21.6. The van der Waals surface area contributed by atoms with Gasteiger partial charge in [0.25, 0.3) is 0 Å². The Hall–Kier alpha value is -2.26. The van der Waals surface area contributed by atoms with Crippen molar-refractivity contribution in [2.24, 2.45) is 0 Å². The van der Waals surface area contributed by atoms with Crippen molar-refractivity contribution in [2.75, 3.05) is 50.5 Å². The summed E-state index contributed by atoms with van der Waals surface area (Å²) in [5.74, 6) is -0.811. The van der Waals surface area contributed by atoms with Crippen LogP contribution in [0.3, 0.4) is 0 Å². The van der Waals surface area contributed by atoms with Crippen LogP contribution in [0.1, 0.15) is 16.4 Å². The van der Waals surface area contributed by atoms with Gasteiger partial charge in [-0.15, -0.1) is 11.8 Å². The van der Waals surface area contributed by atoms with Crippen LogP contribution in [0, 0.1) is 5.82 Å². The molecule has 0 spiro atoms. The highest BCUT2D eigenvalue weighted by Crippen LogP contribution is 2.47. The Kier molecular flexibility index (Phi) is 3.67. The van der Waals surface area contributed by atoms with Crippen molar-refractivity contribution in [1.82, 2.24) is 9.47 Å². The number of piperazine rings is 1. The van der Waals surface area contributed by atoms with E-state index in [4.69, 9.17) is 4.74 Å². The summed E-state index contributed by atoms with van der Waals surface area (Å²) >= 11 is 1.35. The molecule has 2 aromatic rings. The van der Waals surface area contributed by atoms with E-state index in [0.717, 1.165) is 13.1 Å². The number of rotatable bonds is 2. The van der Waals surface area contributed by atoms with Crippen molar-refractivity contribution in [3.63, 3.8) is 0 Å². The molecule has 1 aromatic heterocycles. The molecule has 4 heterocycles. The van der Waals surface area contributed by atoms with Crippen LogP contribution in [-0.2, 0) is 0 Å². The first-order valence-corrected chi connectivity index (χ1v) is 9.83. The first-order valence-electron chi connectivity index (χ1n) is 8.84. The number of hydrogen-bond donors (Lipinski definition) is 1. The van der Waals surface area contributed by atoms with E-state index in [-0.39, 0.29) is 17.0 Å². The van der Waals surface area contributed by atoms with Crippen LogP contribution >= 0.6 is 11.8 Å². The Balaban J connectivity index is 1.83. The van der Waals surface area contributed by atoms with Gasteiger partial charge in [-0.05, 0) is 13.1 Å². The predicted octanol–water partition coefficient (Wildman–Crippen LogP) is 1.63. The van der Waals surface area contributed by atoms with E-state index in [0.29, 0.717) is 47.4 Å². The molecule has 5 rings (SSSR count). The van der Waals surface area contributed by atoms with Gasteiger partial charge in [0.2, 0.25) is 5.43 Å². The summed E-state index contributed by atoms with van der Waals surface area (Å²) < 4.78 is 22.9. The summed E-state index contributed by atoms with van der Waals surface area (Å²) in [6, 6.07) is 1.13. The molecular formula is C18H18FN3O4S. The quantitative estimate of drug-likeness (QED) is 0.834. The minimum atomic E-state index is -1.27. The molecule has 7 nitrogen and oxygen atoms in total. The maximum Gasteiger partial charge on any atom is 0.342 e. The van der Waals surface area contributed by atoms with Crippen molar-refractivity contribution >= 4 is 34.3 Å². The molecule has 1 atom stereocenters. The van der Waals surface area contributed by atoms with Crippen molar-refractivity contribution < 1.29 is 19.0 Å². The molecule has 0 aliphatic carbocycles. The molecule has 3 aliphatic rings. The minimum absolute atomic E-state index is 0.0514. The summed E-state index contributed by atoms with van der Waals surface area (Å²) in [5, 5.41) is 10.1. The maximum absolute atomic E-state index is 15.1. The molecule has 0 unspecified atom stereocenters. The van der Waals surface area contributed by atoms with E-state index in [1.165, 1.54) is 17.8 Å². The number of halogens is 1. The number of aromatic carboxylic acids is 1. The average Bonchev–Trinajstić information content (AvgIpc) is 3.06. The highest BCUT2D eigenvalue weighted by molar-refractivity contribution is 7.99. The van der Waals surface area contributed by atoms with Gasteiger partial charge in [0.15, 0.2) is 11.6 Å². The molecule has 1 aromatic carbocycles. The number of carboxylic acids is 1. The number of ether oxygens (including phenoxy) is 1. The topological polar surface area (TPSA) is 75.0 Å². The van der Waals surface area contributed by atoms with Gasteiger partial charge in [-0.3, -0.25) is 4.79 Å². The average molecular weight is 391 g/mol. The molecule has 1 saturated heterocycles. The molecule has 1 fully saturated rings. The summed E-state index contributed by atoms with van der Waals surface area (Å²) in [6.45, 7) is 3.29. The van der Waals surface area contributed by atoms with E-state index < -0.39 is 17.2 Å². The SMILES string of the molecule is CN1CCN(c2c(F)cc3c(=O)c(C(=O)O)c4n5c3c2OC[C@@H]5CS4)CC1. The van der Waals surface area contributed by atoms with Crippen LogP contribution in [0.4, 0.5) is 10.1 Å². The van der Waals surface area contributed by atoms with Gasteiger partial charge in [-0.1, -0.05) is 0 Å². The fourth-order valence-corrected chi connectivity index (χ4v) is 5.46. The molecule has 0 amide bonds. The third kappa shape index (κ3) is 2.31. The van der Waals surface area contributed by atoms with Crippen LogP contribution in [0.15, 0.2) is 15.9 Å². The van der Waals surface area contributed by atoms with E-state index in [1.54, 1.807) is 0 Å². The lowest BCUT2D eigenvalue weighted by molar-refractivity contribution is 0.0689. The predicted molar refractivity (Wildman–Crippen MR) is 100 cm³/mol. The highest BCUT2D eigenvalue weighted by atomic mass is 32.2. The van der Waals surface area contributed by atoms with Gasteiger partial charge in [0, 0.05) is 31.9 Å². The van der Waals surface area contributed by atoms with Crippen molar-refractivity contribution in [1.29, 1.82) is 0 Å². The van der Waals surface area contributed by atoms with Crippen LogP contribution in [0.25, 0.3) is 10.9 Å². The molecule has 3 aliphatic heterocycles. The second-order valence-corrected chi connectivity index (χ2v) is 8.19. The molecule has 1 N–H and O–H groups in total. The number of likely N-dealkylation sites (N-methyl/N-ethyl adjacent to an activating group) is 1.